The number of amides is 2. The number of hydrogen-bond donors (Lipinski definition) is 0. The summed E-state index contributed by atoms with van der Waals surface area (Å²) in [6, 6.07) is 0.741. The van der Waals surface area contributed by atoms with Crippen LogP contribution in [0.1, 0.15) is 129 Å². The molecule has 2 aliphatic rings. The third kappa shape index (κ3) is 16.9. The normalized spacial score (nSPS) is 15.8. The summed E-state index contributed by atoms with van der Waals surface area (Å²) in [6.45, 7) is 4.12. The van der Waals surface area contributed by atoms with Crippen LogP contribution in [0.25, 0.3) is 0 Å². The summed E-state index contributed by atoms with van der Waals surface area (Å²) in [5, 5.41) is 0. The summed E-state index contributed by atoms with van der Waals surface area (Å²) >= 11 is -2.03. The van der Waals surface area contributed by atoms with Crippen molar-refractivity contribution in [1.29, 1.82) is 0 Å². The first kappa shape index (κ1) is 35.6. The molecule has 2 saturated carbocycles. The quantitative estimate of drug-likeness (QED) is 0.211. The van der Waals surface area contributed by atoms with E-state index in [9.17, 15) is 19.2 Å². The molecule has 37 heavy (non-hydrogen) atoms. The van der Waals surface area contributed by atoms with Crippen molar-refractivity contribution in [3.8, 4) is 0 Å². The van der Waals surface area contributed by atoms with Crippen LogP contribution in [0.3, 0.4) is 0 Å². The van der Waals surface area contributed by atoms with Crippen LogP contribution < -0.4 is 0 Å². The van der Waals surface area contributed by atoms with Gasteiger partial charge in [-0.3, -0.25) is 19.2 Å². The molecule has 0 aromatic rings. The summed E-state index contributed by atoms with van der Waals surface area (Å²) in [6.07, 6.45) is 17.0. The number of rotatable bonds is 12. The Bertz CT molecular complexity index is 657. The number of carbonyl (C=O) groups is 4. The van der Waals surface area contributed by atoms with E-state index < -0.39 is 18.5 Å². The maximum atomic E-state index is 11.9. The summed E-state index contributed by atoms with van der Waals surface area (Å²) in [5.41, 5.74) is 0. The Morgan fingerprint density at radius 2 is 0.919 bits per heavy atom. The van der Waals surface area contributed by atoms with Gasteiger partial charge in [0.2, 0.25) is 11.8 Å². The molecule has 0 radical (unpaired) electrons. The van der Waals surface area contributed by atoms with Crippen LogP contribution in [-0.2, 0) is 44.5 Å². The van der Waals surface area contributed by atoms with E-state index in [2.05, 4.69) is 13.8 Å². The number of hydrogen-bond acceptors (Lipinski definition) is 6. The fourth-order valence-corrected chi connectivity index (χ4v) is 4.86. The molecule has 8 nitrogen and oxygen atoms in total. The first-order chi connectivity index (χ1) is 17.7. The monoisotopic (exact) mass is 608 g/mol. The fourth-order valence-electron chi connectivity index (χ4n) is 4.86. The zero-order valence-corrected chi connectivity index (χ0v) is 25.6. The topological polar surface area (TPSA) is 109 Å². The molecule has 2 fully saturated rings. The molecule has 214 valence electrons. The predicted octanol–water partition coefficient (Wildman–Crippen LogP) is 5.61. The van der Waals surface area contributed by atoms with Crippen molar-refractivity contribution < 1.29 is 44.5 Å². The van der Waals surface area contributed by atoms with E-state index in [0.717, 1.165) is 51.4 Å². The van der Waals surface area contributed by atoms with Gasteiger partial charge in [-0.05, 0) is 38.5 Å². The zero-order chi connectivity index (χ0) is 28.1. The molecule has 0 saturated heterocycles. The number of Topliss-reactive ketones (excluding diaryl/α,β-unsaturated/α-hetero) is 2. The van der Waals surface area contributed by atoms with Crippen molar-refractivity contribution in [2.24, 2.45) is 0 Å². The van der Waals surface area contributed by atoms with Crippen LogP contribution >= 0.6 is 0 Å². The number of ketones is 2. The Morgan fingerprint density at radius 1 is 0.622 bits per heavy atom. The molecule has 0 N–H and O–H groups in total. The summed E-state index contributed by atoms with van der Waals surface area (Å²) < 4.78 is 17.0. The van der Waals surface area contributed by atoms with Crippen LogP contribution in [0.15, 0.2) is 0 Å². The summed E-state index contributed by atoms with van der Waals surface area (Å²) in [4.78, 5) is 50.6. The van der Waals surface area contributed by atoms with Crippen molar-refractivity contribution >= 4 is 23.4 Å². The van der Waals surface area contributed by atoms with E-state index in [1.165, 1.54) is 38.5 Å². The van der Waals surface area contributed by atoms with Crippen molar-refractivity contribution in [3.63, 3.8) is 0 Å². The molecule has 2 rings (SSSR count). The minimum atomic E-state index is -2.03. The Hall–Kier alpha value is -1.43. The Balaban J connectivity index is 0.000000633. The Morgan fingerprint density at radius 3 is 1.19 bits per heavy atom. The number of nitrogens with zero attached hydrogens (tertiary/aromatic N) is 2. The van der Waals surface area contributed by atoms with E-state index in [1.54, 1.807) is 0 Å². The van der Waals surface area contributed by atoms with Gasteiger partial charge in [-0.2, -0.15) is 0 Å². The van der Waals surface area contributed by atoms with Gasteiger partial charge >= 0.3 is 25.3 Å². The molecule has 0 aromatic carbocycles. The van der Waals surface area contributed by atoms with E-state index in [1.807, 2.05) is 23.9 Å². The zero-order valence-electron chi connectivity index (χ0n) is 23.6. The average Bonchev–Trinajstić information content (AvgIpc) is 2.91. The van der Waals surface area contributed by atoms with Gasteiger partial charge in [0.05, 0.1) is 12.8 Å². The van der Waals surface area contributed by atoms with E-state index in [-0.39, 0.29) is 36.2 Å². The van der Waals surface area contributed by atoms with Crippen molar-refractivity contribution in [3.05, 3.63) is 0 Å². The third-order valence-corrected chi connectivity index (χ3v) is 7.35. The second-order valence-corrected chi connectivity index (χ2v) is 10.6. The molecule has 0 spiro atoms. The molecule has 2 aliphatic carbocycles. The number of unbranched alkanes of at least 4 members (excludes halogenated alkanes) is 2. The van der Waals surface area contributed by atoms with E-state index in [0.29, 0.717) is 24.9 Å². The van der Waals surface area contributed by atoms with Gasteiger partial charge in [0.1, 0.15) is 11.6 Å². The first-order valence-corrected chi connectivity index (χ1v) is 15.8. The Kier molecular flexibility index (Phi) is 21.7. The molecule has 0 bridgehead atoms. The SMILES string of the molecule is CCCCC(=O)CC(=O)N(C)C1CCCCC1.CCCCC(=O)CC(=O)N(C)C1CCCCC1.[O]=[Mo]=[O]. The fraction of sp³-hybridized carbons (Fsp3) is 0.857. The van der Waals surface area contributed by atoms with Gasteiger partial charge in [0, 0.05) is 39.0 Å². The van der Waals surface area contributed by atoms with Gasteiger partial charge in [-0.15, -0.1) is 0 Å². The third-order valence-electron chi connectivity index (χ3n) is 7.35. The summed E-state index contributed by atoms with van der Waals surface area (Å²) in [5.74, 6) is 0.218. The minimum absolute atomic E-state index is 0.0120. The van der Waals surface area contributed by atoms with Crippen LogP contribution in [0.5, 0.6) is 0 Å². The molecule has 0 aromatic heterocycles. The second-order valence-electron chi connectivity index (χ2n) is 10.3. The van der Waals surface area contributed by atoms with Gasteiger partial charge in [-0.1, -0.05) is 65.2 Å². The van der Waals surface area contributed by atoms with Crippen molar-refractivity contribution in [1.82, 2.24) is 9.80 Å². The standard InChI is InChI=1S/2C14H25NO2.Mo.2O/c2*1-3-4-10-13(16)11-14(17)15(2)12-8-6-5-7-9-12;;;/h2*12H,3-11H2,1-2H3;;;. The van der Waals surface area contributed by atoms with Gasteiger partial charge in [0.15, 0.2) is 0 Å². The average molecular weight is 607 g/mol. The maximum absolute atomic E-state index is 11.9. The predicted molar refractivity (Wildman–Crippen MR) is 139 cm³/mol. The first-order valence-electron chi connectivity index (χ1n) is 14.2. The van der Waals surface area contributed by atoms with Gasteiger partial charge in [0.25, 0.3) is 0 Å². The van der Waals surface area contributed by atoms with Gasteiger partial charge in [-0.25, -0.2) is 0 Å². The molecule has 9 heteroatoms. The van der Waals surface area contributed by atoms with Crippen LogP contribution in [0.2, 0.25) is 0 Å². The van der Waals surface area contributed by atoms with Crippen LogP contribution in [0, 0.1) is 0 Å². The van der Waals surface area contributed by atoms with Crippen LogP contribution in [-0.4, -0.2) is 59.4 Å². The van der Waals surface area contributed by atoms with E-state index >= 15 is 0 Å². The molecule has 0 aliphatic heterocycles. The molecule has 0 atom stereocenters. The van der Waals surface area contributed by atoms with Gasteiger partial charge < -0.3 is 9.80 Å². The van der Waals surface area contributed by atoms with Crippen LogP contribution in [0.4, 0.5) is 0 Å². The second kappa shape index (κ2) is 22.5. The molecule has 2 amide bonds. The number of carbonyl (C=O) groups excluding carboxylic acids is 4. The molecule has 0 unspecified atom stereocenters. The van der Waals surface area contributed by atoms with Crippen molar-refractivity contribution in [2.45, 2.75) is 142 Å². The summed E-state index contributed by atoms with van der Waals surface area (Å²) in [7, 11) is 3.71. The van der Waals surface area contributed by atoms with E-state index in [4.69, 9.17) is 6.80 Å². The molecular formula is C28H50MoN2O6. The Labute approximate surface area is 232 Å². The van der Waals surface area contributed by atoms with Crippen molar-refractivity contribution in [2.75, 3.05) is 14.1 Å². The molecule has 0 heterocycles. The molecular weight excluding hydrogens is 556 g/mol.